The van der Waals surface area contributed by atoms with Crippen LogP contribution in [0.4, 0.5) is 0 Å². The fourth-order valence-corrected chi connectivity index (χ4v) is 5.25. The molecule has 0 aliphatic heterocycles. The van der Waals surface area contributed by atoms with Crippen molar-refractivity contribution in [2.75, 3.05) is 20.2 Å². The number of carbonyl (C=O) groups is 2. The lowest BCUT2D eigenvalue weighted by Crippen LogP contribution is -2.44. The Kier molecular flexibility index (Phi) is 7.13. The highest BCUT2D eigenvalue weighted by Crippen LogP contribution is 2.40. The van der Waals surface area contributed by atoms with Crippen LogP contribution >= 0.6 is 0 Å². The van der Waals surface area contributed by atoms with Gasteiger partial charge in [0.05, 0.1) is 29.1 Å². The number of rotatable bonds is 8. The van der Waals surface area contributed by atoms with E-state index in [0.717, 1.165) is 15.6 Å². The summed E-state index contributed by atoms with van der Waals surface area (Å²) in [5.74, 6) is -0.0931. The van der Waals surface area contributed by atoms with Crippen LogP contribution in [0.5, 0.6) is 5.75 Å². The van der Waals surface area contributed by atoms with Crippen molar-refractivity contribution in [2.45, 2.75) is 26.8 Å². The molecular formula is C31H30N4O5. The second-order valence-corrected chi connectivity index (χ2v) is 9.46. The zero-order chi connectivity index (χ0) is 28.6. The Hall–Kier alpha value is -4.92. The molecule has 5 rings (SSSR count). The Morgan fingerprint density at radius 3 is 2.35 bits per heavy atom. The number of hydrogen-bond acceptors (Lipinski definition) is 5. The zero-order valence-electron chi connectivity index (χ0n) is 22.8. The number of nitrogens with one attached hydrogen (secondary N) is 1. The van der Waals surface area contributed by atoms with Crippen LogP contribution in [0.1, 0.15) is 42.9 Å². The predicted octanol–water partition coefficient (Wildman–Crippen LogP) is 4.28. The van der Waals surface area contributed by atoms with Gasteiger partial charge >= 0.3 is 5.69 Å². The van der Waals surface area contributed by atoms with Gasteiger partial charge in [0.2, 0.25) is 11.7 Å². The first-order chi connectivity index (χ1) is 19.3. The second-order valence-electron chi connectivity index (χ2n) is 9.46. The first-order valence-electron chi connectivity index (χ1n) is 13.2. The van der Waals surface area contributed by atoms with Gasteiger partial charge in [-0.15, -0.1) is 0 Å². The molecule has 0 saturated heterocycles. The number of ether oxygens (including phenoxy) is 1. The summed E-state index contributed by atoms with van der Waals surface area (Å²) < 4.78 is 8.48. The van der Waals surface area contributed by atoms with Crippen molar-refractivity contribution < 1.29 is 14.3 Å². The topological polar surface area (TPSA) is 106 Å². The van der Waals surface area contributed by atoms with Crippen molar-refractivity contribution in [3.63, 3.8) is 0 Å². The molecule has 0 spiro atoms. The summed E-state index contributed by atoms with van der Waals surface area (Å²) in [6, 6.07) is 18.7. The molecule has 0 saturated carbocycles. The molecule has 9 heteroatoms. The van der Waals surface area contributed by atoms with Crippen molar-refractivity contribution in [1.82, 2.24) is 18.9 Å². The number of benzene rings is 2. The highest BCUT2D eigenvalue weighted by molar-refractivity contribution is 6.15. The molecule has 40 heavy (non-hydrogen) atoms. The molecule has 3 aromatic heterocycles. The maximum absolute atomic E-state index is 14.2. The molecule has 1 N–H and O–H groups in total. The Labute approximate surface area is 230 Å². The Morgan fingerprint density at radius 1 is 0.975 bits per heavy atom. The average molecular weight is 539 g/mol. The molecule has 0 radical (unpaired) electrons. The number of ketones is 1. The van der Waals surface area contributed by atoms with E-state index in [9.17, 15) is 19.2 Å². The van der Waals surface area contributed by atoms with E-state index >= 15 is 0 Å². The number of hydrogen-bond donors (Lipinski definition) is 1. The lowest BCUT2D eigenvalue weighted by molar-refractivity contribution is -0.134. The monoisotopic (exact) mass is 538 g/mol. The van der Waals surface area contributed by atoms with E-state index in [1.165, 1.54) is 13.0 Å². The van der Waals surface area contributed by atoms with Crippen LogP contribution in [-0.2, 0) is 4.79 Å². The summed E-state index contributed by atoms with van der Waals surface area (Å²) in [7, 11) is 1.57. The molecule has 2 aromatic carbocycles. The van der Waals surface area contributed by atoms with E-state index in [-0.39, 0.29) is 28.2 Å². The molecule has 0 fully saturated rings. The third kappa shape index (κ3) is 4.29. The molecule has 1 unspecified atom stereocenters. The van der Waals surface area contributed by atoms with Crippen molar-refractivity contribution >= 4 is 28.1 Å². The van der Waals surface area contributed by atoms with Crippen LogP contribution in [0.15, 0.2) is 82.5 Å². The first-order valence-corrected chi connectivity index (χ1v) is 13.2. The summed E-state index contributed by atoms with van der Waals surface area (Å²) >= 11 is 0. The SMILES string of the molecule is CCN(CC)C(=O)C(C)n1c(=O)[nH]c2ccc(C(=O)c3c(-c4ccccc4)c(OC)c4ccccn34)cc2c1=O. The van der Waals surface area contributed by atoms with Gasteiger partial charge in [-0.05, 0) is 56.7 Å². The number of methoxy groups -OCH3 is 1. The molecule has 0 aliphatic rings. The quantitative estimate of drug-likeness (QED) is 0.297. The van der Waals surface area contributed by atoms with Crippen LogP contribution in [0, 0.1) is 0 Å². The standard InChI is InChI=1S/C31H30N4O5/c1-5-33(6-2)29(37)19(3)35-30(38)22-18-21(15-16-23(22)32-31(35)39)27(36)26-25(20-12-8-7-9-13-20)28(40-4)24-14-10-11-17-34(24)26/h7-19H,5-6H2,1-4H3,(H,32,39). The fraction of sp³-hybridized carbons (Fsp3) is 0.226. The van der Waals surface area contributed by atoms with Gasteiger partial charge in [-0.2, -0.15) is 0 Å². The lowest BCUT2D eigenvalue weighted by atomic mass is 9.98. The molecule has 0 bridgehead atoms. The minimum absolute atomic E-state index is 0.138. The van der Waals surface area contributed by atoms with Crippen molar-refractivity contribution in [3.05, 3.63) is 105 Å². The van der Waals surface area contributed by atoms with E-state index in [1.807, 2.05) is 62.4 Å². The number of likely N-dealkylation sites (N-methyl/N-ethyl adjacent to an activating group) is 1. The van der Waals surface area contributed by atoms with E-state index in [1.54, 1.807) is 34.7 Å². The minimum Gasteiger partial charge on any atom is -0.494 e. The van der Waals surface area contributed by atoms with Gasteiger partial charge in [-0.3, -0.25) is 14.4 Å². The average Bonchev–Trinajstić information content (AvgIpc) is 3.32. The normalized spacial score (nSPS) is 12.0. The molecule has 204 valence electrons. The number of carbonyl (C=O) groups excluding carboxylic acids is 2. The van der Waals surface area contributed by atoms with E-state index in [2.05, 4.69) is 4.98 Å². The van der Waals surface area contributed by atoms with Gasteiger partial charge in [0, 0.05) is 24.8 Å². The Morgan fingerprint density at radius 2 is 1.68 bits per heavy atom. The number of pyridine rings is 1. The predicted molar refractivity (Wildman–Crippen MR) is 154 cm³/mol. The molecule has 1 amide bonds. The van der Waals surface area contributed by atoms with Crippen LogP contribution in [0.3, 0.4) is 0 Å². The van der Waals surface area contributed by atoms with Crippen LogP contribution in [0.25, 0.3) is 27.5 Å². The first kappa shape index (κ1) is 26.7. The highest BCUT2D eigenvalue weighted by atomic mass is 16.5. The van der Waals surface area contributed by atoms with Gasteiger partial charge in [-0.25, -0.2) is 9.36 Å². The lowest BCUT2D eigenvalue weighted by Gasteiger charge is -2.23. The molecule has 3 heterocycles. The van der Waals surface area contributed by atoms with Crippen molar-refractivity contribution in [2.24, 2.45) is 0 Å². The summed E-state index contributed by atoms with van der Waals surface area (Å²) in [4.78, 5) is 57.9. The highest BCUT2D eigenvalue weighted by Gasteiger charge is 2.27. The molecule has 9 nitrogen and oxygen atoms in total. The van der Waals surface area contributed by atoms with E-state index < -0.39 is 17.3 Å². The second kappa shape index (κ2) is 10.7. The largest absolute Gasteiger partial charge is 0.494 e. The number of nitrogens with zero attached hydrogens (tertiary/aromatic N) is 3. The fourth-order valence-electron chi connectivity index (χ4n) is 5.25. The summed E-state index contributed by atoms with van der Waals surface area (Å²) in [5, 5.41) is 0.138. The number of H-pyrrole nitrogens is 1. The summed E-state index contributed by atoms with van der Waals surface area (Å²) in [5.41, 5.74) is 1.77. The summed E-state index contributed by atoms with van der Waals surface area (Å²) in [6.07, 6.45) is 1.80. The number of aromatic nitrogens is 3. The van der Waals surface area contributed by atoms with Crippen molar-refractivity contribution in [1.29, 1.82) is 0 Å². The number of aromatic amines is 1. The van der Waals surface area contributed by atoms with E-state index in [0.29, 0.717) is 30.1 Å². The van der Waals surface area contributed by atoms with Gasteiger partial charge in [0.1, 0.15) is 11.7 Å². The van der Waals surface area contributed by atoms with Gasteiger partial charge in [0.25, 0.3) is 5.56 Å². The Balaban J connectivity index is 1.70. The molecule has 1 atom stereocenters. The van der Waals surface area contributed by atoms with Gasteiger partial charge < -0.3 is 19.0 Å². The summed E-state index contributed by atoms with van der Waals surface area (Å²) in [6.45, 7) is 6.12. The number of amides is 1. The van der Waals surface area contributed by atoms with Crippen LogP contribution in [-0.4, -0.2) is 50.7 Å². The van der Waals surface area contributed by atoms with E-state index in [4.69, 9.17) is 4.74 Å². The minimum atomic E-state index is -1.01. The maximum Gasteiger partial charge on any atom is 0.329 e. The molecular weight excluding hydrogens is 508 g/mol. The van der Waals surface area contributed by atoms with Crippen LogP contribution < -0.4 is 16.0 Å². The van der Waals surface area contributed by atoms with Crippen LogP contribution in [0.2, 0.25) is 0 Å². The maximum atomic E-state index is 14.2. The third-order valence-electron chi connectivity index (χ3n) is 7.29. The molecule has 5 aromatic rings. The Bertz CT molecular complexity index is 1860. The van der Waals surface area contributed by atoms with Gasteiger partial charge in [-0.1, -0.05) is 36.4 Å². The number of fused-ring (bicyclic) bond motifs is 2. The van der Waals surface area contributed by atoms with Gasteiger partial charge in [0.15, 0.2) is 5.75 Å². The zero-order valence-corrected chi connectivity index (χ0v) is 22.8. The van der Waals surface area contributed by atoms with Crippen molar-refractivity contribution in [3.8, 4) is 16.9 Å². The third-order valence-corrected chi connectivity index (χ3v) is 7.29. The molecule has 0 aliphatic carbocycles. The smallest absolute Gasteiger partial charge is 0.329 e.